The number of hydrogen-bond donors (Lipinski definition) is 1. The van der Waals surface area contributed by atoms with Gasteiger partial charge in [0.2, 0.25) is 10.0 Å². The molecule has 0 bridgehead atoms. The summed E-state index contributed by atoms with van der Waals surface area (Å²) in [7, 11) is -2.61. The molecule has 7 nitrogen and oxygen atoms in total. The third kappa shape index (κ3) is 5.42. The second kappa shape index (κ2) is 7.63. The van der Waals surface area contributed by atoms with E-state index in [2.05, 4.69) is 4.74 Å². The van der Waals surface area contributed by atoms with E-state index < -0.39 is 28.5 Å². The van der Waals surface area contributed by atoms with Crippen LogP contribution in [-0.4, -0.2) is 44.9 Å². The fraction of sp³-hybridized carbons (Fsp3) is 0.385. The predicted molar refractivity (Wildman–Crippen MR) is 76.5 cm³/mol. The number of sulfonamides is 1. The quantitative estimate of drug-likeness (QED) is 0.714. The van der Waals surface area contributed by atoms with Crippen molar-refractivity contribution in [2.45, 2.75) is 12.8 Å². The normalized spacial score (nSPS) is 10.9. The minimum absolute atomic E-state index is 0.0363. The Kier molecular flexibility index (Phi) is 6.16. The molecule has 1 aromatic carbocycles. The smallest absolute Gasteiger partial charge is 0.324 e. The number of anilines is 1. The molecule has 1 aromatic rings. The molecule has 116 valence electrons. The van der Waals surface area contributed by atoms with Gasteiger partial charge in [-0.1, -0.05) is 18.2 Å². The van der Waals surface area contributed by atoms with E-state index in [4.69, 9.17) is 5.11 Å². The highest BCUT2D eigenvalue weighted by Crippen LogP contribution is 2.18. The van der Waals surface area contributed by atoms with Crippen LogP contribution in [-0.2, 0) is 24.3 Å². The van der Waals surface area contributed by atoms with E-state index in [1.165, 1.54) is 19.2 Å². The van der Waals surface area contributed by atoms with Crippen LogP contribution in [0.15, 0.2) is 30.3 Å². The minimum atomic E-state index is -3.83. The van der Waals surface area contributed by atoms with Crippen LogP contribution in [0.1, 0.15) is 12.8 Å². The summed E-state index contributed by atoms with van der Waals surface area (Å²) in [5.74, 6) is -2.09. The molecule has 0 atom stereocenters. The fourth-order valence-corrected chi connectivity index (χ4v) is 3.16. The first-order valence-corrected chi connectivity index (χ1v) is 7.82. The maximum atomic E-state index is 12.2. The third-order valence-electron chi connectivity index (χ3n) is 2.67. The highest BCUT2D eigenvalue weighted by molar-refractivity contribution is 7.92. The van der Waals surface area contributed by atoms with E-state index in [0.29, 0.717) is 0 Å². The van der Waals surface area contributed by atoms with E-state index in [1.807, 2.05) is 0 Å². The monoisotopic (exact) mass is 315 g/mol. The van der Waals surface area contributed by atoms with Crippen molar-refractivity contribution in [2.75, 3.05) is 23.7 Å². The molecule has 0 fully saturated rings. The zero-order chi connectivity index (χ0) is 15.9. The Labute approximate surface area is 123 Å². The Bertz CT molecular complexity index is 584. The van der Waals surface area contributed by atoms with Crippen molar-refractivity contribution in [2.24, 2.45) is 0 Å². The van der Waals surface area contributed by atoms with Gasteiger partial charge in [0.15, 0.2) is 0 Å². The van der Waals surface area contributed by atoms with Gasteiger partial charge in [0.05, 0.1) is 18.6 Å². The largest absolute Gasteiger partial charge is 0.480 e. The Morgan fingerprint density at radius 1 is 1.24 bits per heavy atom. The molecular formula is C13H17NO6S. The highest BCUT2D eigenvalue weighted by Gasteiger charge is 2.24. The zero-order valence-electron chi connectivity index (χ0n) is 11.6. The van der Waals surface area contributed by atoms with Gasteiger partial charge >= 0.3 is 11.9 Å². The van der Waals surface area contributed by atoms with Gasteiger partial charge in [-0.3, -0.25) is 13.9 Å². The molecular weight excluding hydrogens is 298 g/mol. The van der Waals surface area contributed by atoms with Crippen LogP contribution in [0.5, 0.6) is 0 Å². The predicted octanol–water partition coefficient (Wildman–Crippen LogP) is 0.861. The number of carbonyl (C=O) groups is 2. The summed E-state index contributed by atoms with van der Waals surface area (Å²) in [6.45, 7) is -0.662. The molecule has 0 aliphatic heterocycles. The molecule has 0 aliphatic carbocycles. The van der Waals surface area contributed by atoms with Crippen LogP contribution < -0.4 is 4.31 Å². The number of methoxy groups -OCH3 is 1. The van der Waals surface area contributed by atoms with E-state index in [9.17, 15) is 18.0 Å². The number of hydrogen-bond acceptors (Lipinski definition) is 5. The average Bonchev–Trinajstić information content (AvgIpc) is 2.45. The zero-order valence-corrected chi connectivity index (χ0v) is 12.4. The molecule has 0 saturated carbocycles. The number of ether oxygens (including phenoxy) is 1. The van der Waals surface area contributed by atoms with Crippen LogP contribution in [0.4, 0.5) is 5.69 Å². The Morgan fingerprint density at radius 2 is 1.86 bits per heavy atom. The molecule has 0 spiro atoms. The Morgan fingerprint density at radius 3 is 2.38 bits per heavy atom. The van der Waals surface area contributed by atoms with Crippen molar-refractivity contribution in [1.29, 1.82) is 0 Å². The number of aliphatic carboxylic acids is 1. The Hall–Kier alpha value is -2.09. The third-order valence-corrected chi connectivity index (χ3v) is 4.49. The van der Waals surface area contributed by atoms with Crippen LogP contribution in [0.25, 0.3) is 0 Å². The van der Waals surface area contributed by atoms with Crippen molar-refractivity contribution in [1.82, 2.24) is 0 Å². The molecule has 8 heteroatoms. The van der Waals surface area contributed by atoms with Gasteiger partial charge in [-0.2, -0.15) is 0 Å². The van der Waals surface area contributed by atoms with Gasteiger partial charge in [-0.15, -0.1) is 0 Å². The molecule has 0 aromatic heterocycles. The molecule has 1 N–H and O–H groups in total. The van der Waals surface area contributed by atoms with Crippen LogP contribution in [0, 0.1) is 0 Å². The molecule has 0 heterocycles. The lowest BCUT2D eigenvalue weighted by molar-refractivity contribution is -0.140. The van der Waals surface area contributed by atoms with Crippen LogP contribution in [0.3, 0.4) is 0 Å². The molecule has 0 radical (unpaired) electrons. The minimum Gasteiger partial charge on any atom is -0.480 e. The number of rotatable bonds is 8. The maximum Gasteiger partial charge on any atom is 0.324 e. The summed E-state index contributed by atoms with van der Waals surface area (Å²) in [5, 5.41) is 8.88. The molecule has 0 unspecified atom stereocenters. The first-order valence-electron chi connectivity index (χ1n) is 6.21. The number of esters is 1. The topological polar surface area (TPSA) is 101 Å². The van der Waals surface area contributed by atoms with Crippen molar-refractivity contribution < 1.29 is 27.9 Å². The van der Waals surface area contributed by atoms with Crippen LogP contribution in [0.2, 0.25) is 0 Å². The van der Waals surface area contributed by atoms with E-state index in [1.54, 1.807) is 18.2 Å². The summed E-state index contributed by atoms with van der Waals surface area (Å²) in [6.07, 6.45) is 0.0311. The van der Waals surface area contributed by atoms with Gasteiger partial charge in [0.1, 0.15) is 6.54 Å². The van der Waals surface area contributed by atoms with Crippen LogP contribution >= 0.6 is 0 Å². The van der Waals surface area contributed by atoms with Gasteiger partial charge < -0.3 is 9.84 Å². The lowest BCUT2D eigenvalue weighted by atomic mass is 10.3. The first kappa shape index (κ1) is 17.0. The Balaban J connectivity index is 2.86. The number of para-hydroxylation sites is 1. The highest BCUT2D eigenvalue weighted by atomic mass is 32.2. The average molecular weight is 315 g/mol. The lowest BCUT2D eigenvalue weighted by Crippen LogP contribution is -2.37. The molecule has 0 amide bonds. The summed E-state index contributed by atoms with van der Waals surface area (Å²) >= 11 is 0. The second-order valence-corrected chi connectivity index (χ2v) is 6.24. The summed E-state index contributed by atoms with van der Waals surface area (Å²) in [4.78, 5) is 21.9. The van der Waals surface area contributed by atoms with Gasteiger partial charge in [0, 0.05) is 6.42 Å². The molecule has 1 rings (SSSR count). The van der Waals surface area contributed by atoms with E-state index in [-0.39, 0.29) is 24.3 Å². The van der Waals surface area contributed by atoms with E-state index >= 15 is 0 Å². The number of benzene rings is 1. The van der Waals surface area contributed by atoms with Gasteiger partial charge in [-0.25, -0.2) is 8.42 Å². The van der Waals surface area contributed by atoms with Crippen molar-refractivity contribution >= 4 is 27.6 Å². The van der Waals surface area contributed by atoms with Crippen molar-refractivity contribution in [3.05, 3.63) is 30.3 Å². The number of nitrogens with zero attached hydrogens (tertiary/aromatic N) is 1. The van der Waals surface area contributed by atoms with E-state index in [0.717, 1.165) is 4.31 Å². The first-order chi connectivity index (χ1) is 9.86. The molecule has 0 saturated heterocycles. The molecule has 21 heavy (non-hydrogen) atoms. The number of carboxylic acids is 1. The van der Waals surface area contributed by atoms with Gasteiger partial charge in [0.25, 0.3) is 0 Å². The molecule has 0 aliphatic rings. The second-order valence-electron chi connectivity index (χ2n) is 4.23. The summed E-state index contributed by atoms with van der Waals surface area (Å²) in [6, 6.07) is 7.97. The SMILES string of the molecule is COC(=O)CCCS(=O)(=O)N(CC(=O)O)c1ccccc1. The standard InChI is InChI=1S/C13H17NO6S/c1-20-13(17)8-5-9-21(18,19)14(10-12(15)16)11-6-3-2-4-7-11/h2-4,6-7H,5,8-10H2,1H3,(H,15,16). The summed E-state index contributed by atoms with van der Waals surface area (Å²) < 4.78 is 29.8. The number of carbonyl (C=O) groups excluding carboxylic acids is 1. The van der Waals surface area contributed by atoms with Crippen molar-refractivity contribution in [3.8, 4) is 0 Å². The van der Waals surface area contributed by atoms with Gasteiger partial charge in [-0.05, 0) is 18.6 Å². The number of carboxylic acid groups (broad SMARTS) is 1. The lowest BCUT2D eigenvalue weighted by Gasteiger charge is -2.22. The van der Waals surface area contributed by atoms with Crippen molar-refractivity contribution in [3.63, 3.8) is 0 Å². The summed E-state index contributed by atoms with van der Waals surface area (Å²) in [5.41, 5.74) is 0.276. The fourth-order valence-electron chi connectivity index (χ4n) is 1.68. The maximum absolute atomic E-state index is 12.2.